The van der Waals surface area contributed by atoms with Crippen LogP contribution in [-0.2, 0) is 19.1 Å². The van der Waals surface area contributed by atoms with E-state index in [1.54, 1.807) is 18.2 Å². The molecule has 5 rings (SSSR count). The van der Waals surface area contributed by atoms with Gasteiger partial charge in [0.1, 0.15) is 5.82 Å². The van der Waals surface area contributed by atoms with Crippen molar-refractivity contribution in [3.63, 3.8) is 0 Å². The van der Waals surface area contributed by atoms with Crippen molar-refractivity contribution >= 4 is 28.6 Å². The quantitative estimate of drug-likeness (QED) is 0.296. The Morgan fingerprint density at radius 2 is 1.97 bits per heavy atom. The van der Waals surface area contributed by atoms with E-state index in [4.69, 9.17) is 0 Å². The molecule has 0 unspecified atom stereocenters. The number of fused-ring (bicyclic) bond motifs is 1. The molecular weight excluding hydrogens is 496 g/mol. The number of anilines is 1. The van der Waals surface area contributed by atoms with Crippen LogP contribution in [0.5, 0.6) is 0 Å². The van der Waals surface area contributed by atoms with Gasteiger partial charge in [-0.05, 0) is 42.3 Å². The number of carbonyl (C=O) groups is 1. The van der Waals surface area contributed by atoms with Crippen LogP contribution in [0.25, 0.3) is 16.2 Å². The second kappa shape index (κ2) is 9.19. The van der Waals surface area contributed by atoms with Crippen molar-refractivity contribution in [2.24, 2.45) is 0 Å². The van der Waals surface area contributed by atoms with Gasteiger partial charge in [-0.1, -0.05) is 19.1 Å². The number of alkyl halides is 3. The van der Waals surface area contributed by atoms with E-state index in [1.807, 2.05) is 13.0 Å². The maximum Gasteiger partial charge on any atom is 0.433 e. The molecule has 0 atom stereocenters. The summed E-state index contributed by atoms with van der Waals surface area (Å²) >= 11 is 1.36. The molecule has 0 fully saturated rings. The zero-order valence-corrected chi connectivity index (χ0v) is 19.6. The van der Waals surface area contributed by atoms with Gasteiger partial charge in [0.2, 0.25) is 0 Å². The average molecular weight is 515 g/mol. The molecule has 0 saturated heterocycles. The molecule has 0 aliphatic heterocycles. The van der Waals surface area contributed by atoms with Gasteiger partial charge in [-0.3, -0.25) is 9.48 Å². The Kier molecular flexibility index (Phi) is 6.04. The van der Waals surface area contributed by atoms with E-state index in [1.165, 1.54) is 46.6 Å². The Morgan fingerprint density at radius 3 is 2.69 bits per heavy atom. The Hall–Kier alpha value is -4.06. The van der Waals surface area contributed by atoms with E-state index in [0.29, 0.717) is 20.6 Å². The molecule has 5 aromatic rings. The monoisotopic (exact) mass is 514 g/mol. The fourth-order valence-corrected chi connectivity index (χ4v) is 4.56. The first-order valence-electron chi connectivity index (χ1n) is 10.8. The highest BCUT2D eigenvalue weighted by molar-refractivity contribution is 7.15. The topological polar surface area (TPSA) is 77.1 Å². The third-order valence-electron chi connectivity index (χ3n) is 5.34. The zero-order chi connectivity index (χ0) is 25.4. The summed E-state index contributed by atoms with van der Waals surface area (Å²) in [5.74, 6) is -1.09. The van der Waals surface area contributed by atoms with Gasteiger partial charge in [-0.25, -0.2) is 13.9 Å². The molecule has 0 aliphatic rings. The van der Waals surface area contributed by atoms with Crippen LogP contribution in [-0.4, -0.2) is 30.3 Å². The first kappa shape index (κ1) is 23.7. The van der Waals surface area contributed by atoms with E-state index in [0.717, 1.165) is 17.4 Å². The van der Waals surface area contributed by atoms with E-state index in [-0.39, 0.29) is 29.4 Å². The molecule has 4 heterocycles. The first-order chi connectivity index (χ1) is 17.2. The van der Waals surface area contributed by atoms with Gasteiger partial charge >= 0.3 is 6.18 Å². The zero-order valence-electron chi connectivity index (χ0n) is 18.8. The van der Waals surface area contributed by atoms with Crippen molar-refractivity contribution in [1.29, 1.82) is 0 Å². The van der Waals surface area contributed by atoms with Gasteiger partial charge in [0, 0.05) is 17.1 Å². The molecule has 0 aliphatic carbocycles. The van der Waals surface area contributed by atoms with Crippen molar-refractivity contribution < 1.29 is 22.4 Å². The van der Waals surface area contributed by atoms with Crippen molar-refractivity contribution in [3.05, 3.63) is 88.6 Å². The number of aryl methyl sites for hydroxylation is 1. The maximum absolute atomic E-state index is 13.8. The smallest absolute Gasteiger partial charge is 0.318 e. The summed E-state index contributed by atoms with van der Waals surface area (Å²) in [6.45, 7) is 2.23. The van der Waals surface area contributed by atoms with Gasteiger partial charge in [0.25, 0.3) is 5.91 Å². The number of nitrogens with one attached hydrogen (secondary N) is 1. The molecule has 1 amide bonds. The van der Waals surface area contributed by atoms with Crippen LogP contribution < -0.4 is 5.32 Å². The molecule has 4 aromatic heterocycles. The number of benzene rings is 1. The van der Waals surface area contributed by atoms with Crippen molar-refractivity contribution in [2.75, 3.05) is 5.32 Å². The van der Waals surface area contributed by atoms with E-state index in [9.17, 15) is 22.4 Å². The summed E-state index contributed by atoms with van der Waals surface area (Å²) in [4.78, 5) is 18.7. The molecule has 12 heteroatoms. The van der Waals surface area contributed by atoms with Gasteiger partial charge in [0.05, 0.1) is 29.0 Å². The normalized spacial score (nSPS) is 11.8. The highest BCUT2D eigenvalue weighted by Crippen LogP contribution is 2.34. The Labute approximate surface area is 206 Å². The number of halogens is 4. The molecule has 0 bridgehead atoms. The van der Waals surface area contributed by atoms with Gasteiger partial charge in [0.15, 0.2) is 17.0 Å². The predicted molar refractivity (Wildman–Crippen MR) is 126 cm³/mol. The van der Waals surface area contributed by atoms with Crippen LogP contribution >= 0.6 is 11.3 Å². The fraction of sp³-hybridized carbons (Fsp3) is 0.167. The lowest BCUT2D eigenvalue weighted by atomic mass is 10.2. The van der Waals surface area contributed by atoms with Crippen molar-refractivity contribution in [1.82, 2.24) is 24.4 Å². The third-order valence-corrected chi connectivity index (χ3v) is 6.59. The SMILES string of the molecule is CCc1ccc(-c2cc(C(F)(F)F)n3nc(C(=O)Nc4cnn(Cc5cccc(F)c5)c4)cc3n2)s1. The number of thiophene rings is 1. The highest BCUT2D eigenvalue weighted by Gasteiger charge is 2.36. The maximum atomic E-state index is 13.8. The summed E-state index contributed by atoms with van der Waals surface area (Å²) in [6.07, 6.45) is -1.04. The van der Waals surface area contributed by atoms with Gasteiger partial charge in [-0.15, -0.1) is 11.3 Å². The minimum absolute atomic E-state index is 0.0989. The highest BCUT2D eigenvalue weighted by atomic mass is 32.1. The minimum Gasteiger partial charge on any atom is -0.318 e. The molecule has 7 nitrogen and oxygen atoms in total. The summed E-state index contributed by atoms with van der Waals surface area (Å²) in [5, 5.41) is 10.6. The molecule has 0 saturated carbocycles. The van der Waals surface area contributed by atoms with Crippen LogP contribution in [0.15, 0.2) is 60.9 Å². The third kappa shape index (κ3) is 4.85. The van der Waals surface area contributed by atoms with Crippen molar-refractivity contribution in [2.45, 2.75) is 26.1 Å². The second-order valence-electron chi connectivity index (χ2n) is 7.95. The molecule has 0 spiro atoms. The van der Waals surface area contributed by atoms with Crippen LogP contribution in [0.1, 0.15) is 33.5 Å². The first-order valence-corrected chi connectivity index (χ1v) is 11.7. The predicted octanol–water partition coefficient (Wildman–Crippen LogP) is 5.68. The summed E-state index contributed by atoms with van der Waals surface area (Å²) in [6, 6.07) is 11.7. The number of nitrogens with zero attached hydrogens (tertiary/aromatic N) is 5. The lowest BCUT2D eigenvalue weighted by Gasteiger charge is -2.10. The summed E-state index contributed by atoms with van der Waals surface area (Å²) in [5.41, 5.74) is -0.221. The number of amides is 1. The molecule has 36 heavy (non-hydrogen) atoms. The van der Waals surface area contributed by atoms with Crippen LogP contribution in [0.2, 0.25) is 0 Å². The average Bonchev–Trinajstić information content (AvgIpc) is 3.57. The lowest BCUT2D eigenvalue weighted by Crippen LogP contribution is -2.15. The Bertz CT molecular complexity index is 1570. The molecule has 184 valence electrons. The second-order valence-corrected chi connectivity index (χ2v) is 9.12. The van der Waals surface area contributed by atoms with Crippen LogP contribution in [0.4, 0.5) is 23.2 Å². The van der Waals surface area contributed by atoms with Crippen molar-refractivity contribution in [3.8, 4) is 10.6 Å². The van der Waals surface area contributed by atoms with E-state index in [2.05, 4.69) is 20.5 Å². The molecule has 1 N–H and O–H groups in total. The van der Waals surface area contributed by atoms with Gasteiger partial charge < -0.3 is 5.32 Å². The van der Waals surface area contributed by atoms with E-state index < -0.39 is 17.8 Å². The number of hydrogen-bond donors (Lipinski definition) is 1. The summed E-state index contributed by atoms with van der Waals surface area (Å²) in [7, 11) is 0. The fourth-order valence-electron chi connectivity index (χ4n) is 3.65. The van der Waals surface area contributed by atoms with E-state index >= 15 is 0 Å². The Balaban J connectivity index is 1.42. The van der Waals surface area contributed by atoms with Crippen LogP contribution in [0, 0.1) is 5.82 Å². The van der Waals surface area contributed by atoms with Gasteiger partial charge in [-0.2, -0.15) is 23.4 Å². The largest absolute Gasteiger partial charge is 0.433 e. The number of aromatic nitrogens is 5. The molecule has 1 aromatic carbocycles. The lowest BCUT2D eigenvalue weighted by molar-refractivity contribution is -0.142. The molecular formula is C24H18F4N6OS. The van der Waals surface area contributed by atoms with Crippen LogP contribution in [0.3, 0.4) is 0 Å². The number of hydrogen-bond acceptors (Lipinski definition) is 5. The number of rotatable bonds is 6. The Morgan fingerprint density at radius 1 is 1.14 bits per heavy atom. The minimum atomic E-state index is -4.71. The standard InChI is InChI=1S/C24H18F4N6OS/c1-2-17-6-7-20(36-17)18-9-21(24(26,27)28)34-22(31-18)10-19(32-34)23(35)30-16-11-29-33(13-16)12-14-4-3-5-15(25)8-14/h3-11,13H,2,12H2,1H3,(H,30,35). The summed E-state index contributed by atoms with van der Waals surface area (Å²) < 4.78 is 57.0. The number of carbonyl (C=O) groups excluding carboxylic acids is 1. The molecule has 0 radical (unpaired) electrons.